The maximum absolute atomic E-state index is 12.2. The zero-order valence-corrected chi connectivity index (χ0v) is 11.1. The van der Waals surface area contributed by atoms with Gasteiger partial charge in [0, 0.05) is 12.4 Å². The number of amides is 1. The lowest BCUT2D eigenvalue weighted by Gasteiger charge is -2.17. The minimum atomic E-state index is -1.11. The molecule has 1 heterocycles. The summed E-state index contributed by atoms with van der Waals surface area (Å²) in [6.45, 7) is 0.357. The van der Waals surface area contributed by atoms with Crippen LogP contribution in [0.1, 0.15) is 26.4 Å². The summed E-state index contributed by atoms with van der Waals surface area (Å²) < 4.78 is 0. The van der Waals surface area contributed by atoms with Gasteiger partial charge in [-0.2, -0.15) is 0 Å². The zero-order chi connectivity index (χ0) is 13.8. The lowest BCUT2D eigenvalue weighted by molar-refractivity contribution is 0.0680. The molecule has 1 amide bonds. The van der Waals surface area contributed by atoms with Crippen molar-refractivity contribution in [3.05, 3.63) is 52.0 Å². The summed E-state index contributed by atoms with van der Waals surface area (Å²) >= 11 is 1.45. The second kappa shape index (κ2) is 5.62. The van der Waals surface area contributed by atoms with Gasteiger partial charge in [-0.3, -0.25) is 4.79 Å². The molecule has 6 heteroatoms. The number of benzene rings is 1. The molecule has 0 saturated carbocycles. The minimum Gasteiger partial charge on any atom is -0.478 e. The third-order valence-electron chi connectivity index (χ3n) is 2.62. The molecule has 0 spiro atoms. The summed E-state index contributed by atoms with van der Waals surface area (Å²) in [5.74, 6) is -1.43. The van der Waals surface area contributed by atoms with Crippen molar-refractivity contribution in [2.24, 2.45) is 0 Å². The van der Waals surface area contributed by atoms with Gasteiger partial charge in [-0.1, -0.05) is 12.1 Å². The molecular weight excluding hydrogens is 264 g/mol. The first-order valence-corrected chi connectivity index (χ1v) is 6.48. The van der Waals surface area contributed by atoms with Crippen LogP contribution in [0.15, 0.2) is 35.2 Å². The fourth-order valence-electron chi connectivity index (χ4n) is 1.69. The third-order valence-corrected chi connectivity index (χ3v) is 3.25. The third kappa shape index (κ3) is 2.97. The Bertz CT molecular complexity index is 596. The summed E-state index contributed by atoms with van der Waals surface area (Å²) in [5, 5.41) is 10.9. The van der Waals surface area contributed by atoms with Crippen LogP contribution in [0.2, 0.25) is 0 Å². The van der Waals surface area contributed by atoms with Gasteiger partial charge in [0.05, 0.1) is 28.9 Å². The molecule has 0 aliphatic heterocycles. The van der Waals surface area contributed by atoms with Gasteiger partial charge in [0.1, 0.15) is 0 Å². The van der Waals surface area contributed by atoms with Crippen LogP contribution in [0, 0.1) is 0 Å². The van der Waals surface area contributed by atoms with Gasteiger partial charge >= 0.3 is 5.97 Å². The number of carboxylic acid groups (broad SMARTS) is 1. The van der Waals surface area contributed by atoms with Crippen LogP contribution in [0.5, 0.6) is 0 Å². The number of rotatable bonds is 4. The van der Waals surface area contributed by atoms with Crippen molar-refractivity contribution in [2.75, 3.05) is 7.05 Å². The van der Waals surface area contributed by atoms with E-state index in [-0.39, 0.29) is 17.0 Å². The average Bonchev–Trinajstić information content (AvgIpc) is 2.90. The van der Waals surface area contributed by atoms with Gasteiger partial charge in [0.2, 0.25) is 0 Å². The van der Waals surface area contributed by atoms with Gasteiger partial charge in [0.15, 0.2) is 0 Å². The Balaban J connectivity index is 2.22. The lowest BCUT2D eigenvalue weighted by Crippen LogP contribution is -2.27. The minimum absolute atomic E-state index is 0.0117. The average molecular weight is 276 g/mol. The van der Waals surface area contributed by atoms with E-state index in [2.05, 4.69) is 4.98 Å². The SMILES string of the molecule is CN(Cc1cscn1)C(=O)c1ccccc1C(=O)O. The molecular formula is C13H12N2O3S. The number of nitrogens with zero attached hydrogens (tertiary/aromatic N) is 2. The molecule has 0 fully saturated rings. The maximum Gasteiger partial charge on any atom is 0.336 e. The maximum atomic E-state index is 12.2. The molecule has 0 saturated heterocycles. The van der Waals surface area contributed by atoms with Crippen LogP contribution in [0.3, 0.4) is 0 Å². The molecule has 0 aliphatic carbocycles. The zero-order valence-electron chi connectivity index (χ0n) is 10.2. The first-order chi connectivity index (χ1) is 9.09. The van der Waals surface area contributed by atoms with Crippen LogP contribution in [0.25, 0.3) is 0 Å². The summed E-state index contributed by atoms with van der Waals surface area (Å²) in [6, 6.07) is 6.19. The highest BCUT2D eigenvalue weighted by Crippen LogP contribution is 2.13. The summed E-state index contributed by atoms with van der Waals surface area (Å²) in [4.78, 5) is 28.9. The quantitative estimate of drug-likeness (QED) is 0.928. The predicted molar refractivity (Wildman–Crippen MR) is 71.3 cm³/mol. The highest BCUT2D eigenvalue weighted by molar-refractivity contribution is 7.07. The predicted octanol–water partition coefficient (Wildman–Crippen LogP) is 2.11. The number of aromatic nitrogens is 1. The van der Waals surface area contributed by atoms with Crippen molar-refractivity contribution < 1.29 is 14.7 Å². The van der Waals surface area contributed by atoms with Crippen molar-refractivity contribution in [2.45, 2.75) is 6.54 Å². The fourth-order valence-corrected chi connectivity index (χ4v) is 2.24. The summed E-state index contributed by atoms with van der Waals surface area (Å²) in [6.07, 6.45) is 0. The van der Waals surface area contributed by atoms with E-state index in [4.69, 9.17) is 5.11 Å². The van der Waals surface area contributed by atoms with Gasteiger partial charge in [0.25, 0.3) is 5.91 Å². The monoisotopic (exact) mass is 276 g/mol. The topological polar surface area (TPSA) is 70.5 Å². The first-order valence-electron chi connectivity index (χ1n) is 5.54. The van der Waals surface area contributed by atoms with Crippen LogP contribution in [0.4, 0.5) is 0 Å². The van der Waals surface area contributed by atoms with E-state index in [0.29, 0.717) is 6.54 Å². The Morgan fingerprint density at radius 1 is 1.32 bits per heavy atom. The summed E-state index contributed by atoms with van der Waals surface area (Å²) in [7, 11) is 1.63. The van der Waals surface area contributed by atoms with E-state index < -0.39 is 5.97 Å². The number of aromatic carboxylic acids is 1. The molecule has 0 bridgehead atoms. The Hall–Kier alpha value is -2.21. The molecule has 19 heavy (non-hydrogen) atoms. The number of carbonyl (C=O) groups is 2. The van der Waals surface area contributed by atoms with Gasteiger partial charge in [-0.05, 0) is 12.1 Å². The molecule has 0 aliphatic rings. The van der Waals surface area contributed by atoms with E-state index in [1.165, 1.54) is 28.4 Å². The van der Waals surface area contributed by atoms with E-state index in [1.54, 1.807) is 24.7 Å². The molecule has 1 N–H and O–H groups in total. The fraction of sp³-hybridized carbons (Fsp3) is 0.154. The van der Waals surface area contributed by atoms with Crippen LogP contribution in [-0.2, 0) is 6.54 Å². The Kier molecular flexibility index (Phi) is 3.91. The van der Waals surface area contributed by atoms with Crippen molar-refractivity contribution in [3.8, 4) is 0 Å². The molecule has 98 valence electrons. The second-order valence-electron chi connectivity index (χ2n) is 3.99. The van der Waals surface area contributed by atoms with Crippen molar-refractivity contribution in [1.29, 1.82) is 0 Å². The molecule has 1 aromatic carbocycles. The number of carbonyl (C=O) groups excluding carboxylic acids is 1. The van der Waals surface area contributed by atoms with E-state index >= 15 is 0 Å². The Morgan fingerprint density at radius 3 is 2.58 bits per heavy atom. The highest BCUT2D eigenvalue weighted by Gasteiger charge is 2.19. The molecule has 0 radical (unpaired) electrons. The molecule has 1 aromatic heterocycles. The largest absolute Gasteiger partial charge is 0.478 e. The standard InChI is InChI=1S/C13H12N2O3S/c1-15(6-9-7-19-8-14-9)12(16)10-4-2-3-5-11(10)13(17)18/h2-5,7-8H,6H2,1H3,(H,17,18). The van der Waals surface area contributed by atoms with Crippen LogP contribution in [-0.4, -0.2) is 33.9 Å². The molecule has 0 atom stereocenters. The summed E-state index contributed by atoms with van der Waals surface area (Å²) in [5.41, 5.74) is 2.68. The van der Waals surface area contributed by atoms with Gasteiger partial charge in [-0.15, -0.1) is 11.3 Å². The molecule has 2 aromatic rings. The van der Waals surface area contributed by atoms with Crippen molar-refractivity contribution in [3.63, 3.8) is 0 Å². The first kappa shape index (κ1) is 13.2. The van der Waals surface area contributed by atoms with Crippen LogP contribution < -0.4 is 0 Å². The van der Waals surface area contributed by atoms with Gasteiger partial charge in [-0.25, -0.2) is 9.78 Å². The molecule has 5 nitrogen and oxygen atoms in total. The van der Waals surface area contributed by atoms with E-state index in [9.17, 15) is 9.59 Å². The second-order valence-corrected chi connectivity index (χ2v) is 4.71. The van der Waals surface area contributed by atoms with Crippen molar-refractivity contribution >= 4 is 23.2 Å². The van der Waals surface area contributed by atoms with E-state index in [0.717, 1.165) is 5.69 Å². The number of thiazole rings is 1. The number of hydrogen-bond acceptors (Lipinski definition) is 4. The smallest absolute Gasteiger partial charge is 0.336 e. The van der Waals surface area contributed by atoms with E-state index in [1.807, 2.05) is 5.38 Å². The highest BCUT2D eigenvalue weighted by atomic mass is 32.1. The number of carboxylic acids is 1. The van der Waals surface area contributed by atoms with Crippen LogP contribution >= 0.6 is 11.3 Å². The Labute approximate surface area is 114 Å². The normalized spacial score (nSPS) is 10.2. The molecule has 2 rings (SSSR count). The van der Waals surface area contributed by atoms with Crippen molar-refractivity contribution in [1.82, 2.24) is 9.88 Å². The number of hydrogen-bond donors (Lipinski definition) is 1. The lowest BCUT2D eigenvalue weighted by atomic mass is 10.1. The molecule has 0 unspecified atom stereocenters. The Morgan fingerprint density at radius 2 is 2.00 bits per heavy atom. The van der Waals surface area contributed by atoms with Gasteiger partial charge < -0.3 is 10.0 Å².